The van der Waals surface area contributed by atoms with E-state index in [9.17, 15) is 4.79 Å². The zero-order valence-electron chi connectivity index (χ0n) is 10.9. The highest BCUT2D eigenvalue weighted by Crippen LogP contribution is 2.19. The molecule has 0 saturated carbocycles. The second-order valence-electron chi connectivity index (χ2n) is 5.24. The van der Waals surface area contributed by atoms with Gasteiger partial charge in [-0.2, -0.15) is 0 Å². The molecular weight excluding hydrogens is 240 g/mol. The molecular formula is C15H18N2O2. The molecule has 2 heterocycles. The number of carboxylic acids is 1. The van der Waals surface area contributed by atoms with Crippen molar-refractivity contribution in [3.8, 4) is 0 Å². The normalized spacial score (nSPS) is 16.8. The Hall–Kier alpha value is -1.81. The van der Waals surface area contributed by atoms with E-state index >= 15 is 0 Å². The third kappa shape index (κ3) is 2.63. The maximum absolute atomic E-state index is 10.9. The minimum absolute atomic E-state index is 0.344. The fourth-order valence-corrected chi connectivity index (χ4v) is 2.77. The van der Waals surface area contributed by atoms with E-state index in [1.54, 1.807) is 12.1 Å². The van der Waals surface area contributed by atoms with Crippen LogP contribution in [0.3, 0.4) is 0 Å². The van der Waals surface area contributed by atoms with Gasteiger partial charge in [0.25, 0.3) is 0 Å². The zero-order valence-corrected chi connectivity index (χ0v) is 10.9. The molecule has 0 bridgehead atoms. The van der Waals surface area contributed by atoms with Crippen molar-refractivity contribution in [1.82, 2.24) is 9.88 Å². The Morgan fingerprint density at radius 3 is 2.74 bits per heavy atom. The van der Waals surface area contributed by atoms with E-state index in [0.717, 1.165) is 30.5 Å². The molecule has 1 fully saturated rings. The maximum atomic E-state index is 10.9. The van der Waals surface area contributed by atoms with Gasteiger partial charge < -0.3 is 10.1 Å². The molecule has 1 aliphatic heterocycles. The van der Waals surface area contributed by atoms with Gasteiger partial charge in [-0.25, -0.2) is 4.79 Å². The van der Waals surface area contributed by atoms with Crippen LogP contribution in [0.4, 0.5) is 0 Å². The van der Waals surface area contributed by atoms with Gasteiger partial charge in [0.1, 0.15) is 0 Å². The summed E-state index contributed by atoms with van der Waals surface area (Å²) >= 11 is 0. The number of H-pyrrole nitrogens is 1. The number of benzene rings is 1. The molecule has 4 nitrogen and oxygen atoms in total. The Morgan fingerprint density at radius 2 is 2.00 bits per heavy atom. The van der Waals surface area contributed by atoms with Gasteiger partial charge in [0.05, 0.1) is 5.56 Å². The summed E-state index contributed by atoms with van der Waals surface area (Å²) in [5, 5.41) is 9.97. The van der Waals surface area contributed by atoms with Gasteiger partial charge in [0.2, 0.25) is 0 Å². The van der Waals surface area contributed by atoms with Crippen LogP contribution < -0.4 is 0 Å². The summed E-state index contributed by atoms with van der Waals surface area (Å²) in [7, 11) is 0. The number of hydrogen-bond acceptors (Lipinski definition) is 2. The summed E-state index contributed by atoms with van der Waals surface area (Å²) in [5.41, 5.74) is 2.52. The molecule has 1 aromatic heterocycles. The van der Waals surface area contributed by atoms with Crippen molar-refractivity contribution in [2.45, 2.75) is 25.8 Å². The van der Waals surface area contributed by atoms with Gasteiger partial charge in [0, 0.05) is 23.1 Å². The minimum Gasteiger partial charge on any atom is -0.478 e. The number of fused-ring (bicyclic) bond motifs is 1. The monoisotopic (exact) mass is 258 g/mol. The summed E-state index contributed by atoms with van der Waals surface area (Å²) < 4.78 is 0. The van der Waals surface area contributed by atoms with E-state index in [0.29, 0.717) is 5.56 Å². The molecule has 0 unspecified atom stereocenters. The van der Waals surface area contributed by atoms with Crippen molar-refractivity contribution >= 4 is 16.9 Å². The van der Waals surface area contributed by atoms with Crippen molar-refractivity contribution < 1.29 is 9.90 Å². The van der Waals surface area contributed by atoms with Crippen LogP contribution in [-0.4, -0.2) is 34.0 Å². The van der Waals surface area contributed by atoms with Crippen LogP contribution in [0.25, 0.3) is 10.9 Å². The Labute approximate surface area is 112 Å². The number of hydrogen-bond donors (Lipinski definition) is 2. The summed E-state index contributed by atoms with van der Waals surface area (Å²) in [4.78, 5) is 16.8. The summed E-state index contributed by atoms with van der Waals surface area (Å²) in [6.07, 6.45) is 3.90. The number of nitrogens with one attached hydrogen (secondary N) is 1. The van der Waals surface area contributed by atoms with Crippen molar-refractivity contribution in [3.63, 3.8) is 0 Å². The third-order valence-corrected chi connectivity index (χ3v) is 3.77. The average molecular weight is 258 g/mol. The second-order valence-corrected chi connectivity index (χ2v) is 5.24. The predicted molar refractivity (Wildman–Crippen MR) is 74.4 cm³/mol. The van der Waals surface area contributed by atoms with Crippen LogP contribution in [0.15, 0.2) is 24.3 Å². The molecule has 100 valence electrons. The quantitative estimate of drug-likeness (QED) is 0.890. The number of likely N-dealkylation sites (tertiary alicyclic amines) is 1. The molecule has 2 N–H and O–H groups in total. The molecule has 2 aromatic rings. The fourth-order valence-electron chi connectivity index (χ4n) is 2.77. The molecule has 1 aromatic carbocycles. The van der Waals surface area contributed by atoms with E-state index < -0.39 is 5.97 Å². The molecule has 4 heteroatoms. The molecule has 3 rings (SSSR count). The topological polar surface area (TPSA) is 56.3 Å². The molecule has 0 spiro atoms. The molecule has 19 heavy (non-hydrogen) atoms. The van der Waals surface area contributed by atoms with Gasteiger partial charge in [-0.3, -0.25) is 4.90 Å². The Balaban J connectivity index is 1.82. The number of piperidine rings is 1. The zero-order chi connectivity index (χ0) is 13.2. The minimum atomic E-state index is -0.874. The number of carbonyl (C=O) groups is 1. The molecule has 0 amide bonds. The van der Waals surface area contributed by atoms with Crippen LogP contribution in [0.1, 0.15) is 35.3 Å². The second kappa shape index (κ2) is 5.05. The van der Waals surface area contributed by atoms with E-state index in [2.05, 4.69) is 16.0 Å². The molecule has 1 saturated heterocycles. The van der Waals surface area contributed by atoms with Gasteiger partial charge in [-0.1, -0.05) is 6.42 Å². The van der Waals surface area contributed by atoms with E-state index in [-0.39, 0.29) is 0 Å². The maximum Gasteiger partial charge on any atom is 0.335 e. The van der Waals surface area contributed by atoms with Gasteiger partial charge in [-0.05, 0) is 50.2 Å². The van der Waals surface area contributed by atoms with Crippen molar-refractivity contribution in [1.29, 1.82) is 0 Å². The third-order valence-electron chi connectivity index (χ3n) is 3.77. The first-order valence-electron chi connectivity index (χ1n) is 6.80. The first kappa shape index (κ1) is 12.2. The lowest BCUT2D eigenvalue weighted by molar-refractivity contribution is 0.0697. The lowest BCUT2D eigenvalue weighted by Gasteiger charge is -2.25. The molecule has 0 aliphatic carbocycles. The molecule has 1 aliphatic rings. The van der Waals surface area contributed by atoms with E-state index in [1.165, 1.54) is 25.0 Å². The van der Waals surface area contributed by atoms with E-state index in [4.69, 9.17) is 5.11 Å². The van der Waals surface area contributed by atoms with Crippen molar-refractivity contribution in [2.75, 3.05) is 13.1 Å². The smallest absolute Gasteiger partial charge is 0.335 e. The SMILES string of the molecule is O=C(O)c1ccc2[nH]c(CN3CCCCC3)cc2c1. The standard InChI is InChI=1S/C15H18N2O2/c18-15(19)11-4-5-14-12(8-11)9-13(16-14)10-17-6-2-1-3-7-17/h4-5,8-9,16H,1-3,6-7,10H2,(H,18,19). The van der Waals surface area contributed by atoms with Crippen LogP contribution in [0.2, 0.25) is 0 Å². The number of rotatable bonds is 3. The average Bonchev–Trinajstić information content (AvgIpc) is 2.80. The summed E-state index contributed by atoms with van der Waals surface area (Å²) in [6.45, 7) is 3.25. The first-order valence-corrected chi connectivity index (χ1v) is 6.80. The Kier molecular flexibility index (Phi) is 3.25. The van der Waals surface area contributed by atoms with Gasteiger partial charge in [0.15, 0.2) is 0 Å². The van der Waals surface area contributed by atoms with Crippen LogP contribution in [0.5, 0.6) is 0 Å². The number of nitrogens with zero attached hydrogens (tertiary/aromatic N) is 1. The lowest BCUT2D eigenvalue weighted by atomic mass is 10.1. The van der Waals surface area contributed by atoms with E-state index in [1.807, 2.05) is 6.07 Å². The molecule has 0 atom stereocenters. The first-order chi connectivity index (χ1) is 9.22. The van der Waals surface area contributed by atoms with Crippen molar-refractivity contribution in [3.05, 3.63) is 35.5 Å². The number of aromatic nitrogens is 1. The Bertz CT molecular complexity index is 597. The highest BCUT2D eigenvalue weighted by atomic mass is 16.4. The van der Waals surface area contributed by atoms with Crippen LogP contribution in [0, 0.1) is 0 Å². The van der Waals surface area contributed by atoms with Gasteiger partial charge in [-0.15, -0.1) is 0 Å². The fraction of sp³-hybridized carbons (Fsp3) is 0.400. The van der Waals surface area contributed by atoms with Gasteiger partial charge >= 0.3 is 5.97 Å². The van der Waals surface area contributed by atoms with Crippen LogP contribution >= 0.6 is 0 Å². The number of aromatic amines is 1. The summed E-state index contributed by atoms with van der Waals surface area (Å²) in [5.74, 6) is -0.874. The lowest BCUT2D eigenvalue weighted by Crippen LogP contribution is -2.29. The van der Waals surface area contributed by atoms with Crippen molar-refractivity contribution in [2.24, 2.45) is 0 Å². The largest absolute Gasteiger partial charge is 0.478 e. The predicted octanol–water partition coefficient (Wildman–Crippen LogP) is 2.85. The number of aromatic carboxylic acids is 1. The Morgan fingerprint density at radius 1 is 1.21 bits per heavy atom. The molecule has 0 radical (unpaired) electrons. The summed E-state index contributed by atoms with van der Waals surface area (Å²) in [6, 6.07) is 7.29. The van der Waals surface area contributed by atoms with Crippen LogP contribution in [-0.2, 0) is 6.54 Å². The highest BCUT2D eigenvalue weighted by Gasteiger charge is 2.12. The highest BCUT2D eigenvalue weighted by molar-refractivity contribution is 5.93. The number of carboxylic acid groups (broad SMARTS) is 1.